The van der Waals surface area contributed by atoms with E-state index in [1.54, 1.807) is 0 Å². The Morgan fingerprint density at radius 2 is 1.73 bits per heavy atom. The van der Waals surface area contributed by atoms with Gasteiger partial charge in [0, 0.05) is 22.7 Å². The lowest BCUT2D eigenvalue weighted by Crippen LogP contribution is -2.37. The van der Waals surface area contributed by atoms with E-state index in [-0.39, 0.29) is 5.54 Å². The second-order valence-corrected chi connectivity index (χ2v) is 6.52. The maximum absolute atomic E-state index is 6.13. The summed E-state index contributed by atoms with van der Waals surface area (Å²) >= 11 is 6.13. The van der Waals surface area contributed by atoms with E-state index >= 15 is 0 Å². The van der Waals surface area contributed by atoms with Crippen LogP contribution in [0.5, 0.6) is 5.75 Å². The zero-order chi connectivity index (χ0) is 16.0. The van der Waals surface area contributed by atoms with Gasteiger partial charge < -0.3 is 10.1 Å². The molecule has 3 heteroatoms. The number of nitrogens with one attached hydrogen (secondary N) is 1. The average molecular weight is 318 g/mol. The van der Waals surface area contributed by atoms with Crippen LogP contribution in [0.25, 0.3) is 0 Å². The molecule has 0 spiro atoms. The molecule has 0 aliphatic carbocycles. The summed E-state index contributed by atoms with van der Waals surface area (Å²) in [4.78, 5) is 0. The van der Waals surface area contributed by atoms with Crippen molar-refractivity contribution in [2.45, 2.75) is 45.9 Å². The molecule has 1 N–H and O–H groups in total. The Hall–Kier alpha value is -1.51. The SMILES string of the molecule is CCC(C)(C)NCc1ccc(OCc2ccccc2Cl)cc1. The van der Waals surface area contributed by atoms with Gasteiger partial charge in [0.05, 0.1) is 0 Å². The van der Waals surface area contributed by atoms with Gasteiger partial charge in [-0.1, -0.05) is 48.9 Å². The molecule has 0 aliphatic rings. The molecule has 118 valence electrons. The van der Waals surface area contributed by atoms with E-state index in [1.807, 2.05) is 36.4 Å². The second-order valence-electron chi connectivity index (χ2n) is 6.12. The van der Waals surface area contributed by atoms with Crippen LogP contribution < -0.4 is 10.1 Å². The Morgan fingerprint density at radius 3 is 2.36 bits per heavy atom. The smallest absolute Gasteiger partial charge is 0.119 e. The first kappa shape index (κ1) is 16.9. The van der Waals surface area contributed by atoms with Crippen molar-refractivity contribution < 1.29 is 4.74 Å². The van der Waals surface area contributed by atoms with Crippen LogP contribution in [0.2, 0.25) is 5.02 Å². The summed E-state index contributed by atoms with van der Waals surface area (Å²) in [6.45, 7) is 7.98. The lowest BCUT2D eigenvalue weighted by Gasteiger charge is -2.24. The van der Waals surface area contributed by atoms with E-state index in [9.17, 15) is 0 Å². The number of halogens is 1. The van der Waals surface area contributed by atoms with Gasteiger partial charge >= 0.3 is 0 Å². The fraction of sp³-hybridized carbons (Fsp3) is 0.368. The van der Waals surface area contributed by atoms with Gasteiger partial charge in [0.25, 0.3) is 0 Å². The van der Waals surface area contributed by atoms with Crippen LogP contribution in [0.1, 0.15) is 38.3 Å². The van der Waals surface area contributed by atoms with Crippen molar-refractivity contribution >= 4 is 11.6 Å². The van der Waals surface area contributed by atoms with Crippen LogP contribution in [-0.4, -0.2) is 5.54 Å². The Kier molecular flexibility index (Phi) is 5.87. The van der Waals surface area contributed by atoms with Crippen LogP contribution in [0.15, 0.2) is 48.5 Å². The Balaban J connectivity index is 1.88. The molecule has 0 heterocycles. The molecule has 0 aliphatic heterocycles. The molecule has 2 rings (SSSR count). The number of hydrogen-bond acceptors (Lipinski definition) is 2. The highest BCUT2D eigenvalue weighted by Crippen LogP contribution is 2.19. The minimum atomic E-state index is 0.166. The minimum Gasteiger partial charge on any atom is -0.489 e. The van der Waals surface area contributed by atoms with E-state index in [0.29, 0.717) is 6.61 Å². The maximum atomic E-state index is 6.13. The van der Waals surface area contributed by atoms with Crippen LogP contribution >= 0.6 is 11.6 Å². The van der Waals surface area contributed by atoms with Crippen LogP contribution in [-0.2, 0) is 13.2 Å². The second kappa shape index (κ2) is 7.66. The number of benzene rings is 2. The van der Waals surface area contributed by atoms with Crippen molar-refractivity contribution in [1.29, 1.82) is 0 Å². The highest BCUT2D eigenvalue weighted by atomic mass is 35.5. The minimum absolute atomic E-state index is 0.166. The molecule has 0 aromatic heterocycles. The molecule has 22 heavy (non-hydrogen) atoms. The molecule has 0 fully saturated rings. The third kappa shape index (κ3) is 5.04. The van der Waals surface area contributed by atoms with Crippen molar-refractivity contribution in [2.24, 2.45) is 0 Å². The summed E-state index contributed by atoms with van der Waals surface area (Å²) in [7, 11) is 0. The first-order valence-electron chi connectivity index (χ1n) is 7.70. The molecule has 2 aromatic carbocycles. The van der Waals surface area contributed by atoms with Crippen LogP contribution in [0, 0.1) is 0 Å². The predicted octanol–water partition coefficient (Wildman–Crippen LogP) is 5.20. The molecule has 2 aromatic rings. The summed E-state index contributed by atoms with van der Waals surface area (Å²) in [5, 5.41) is 4.29. The molecule has 0 saturated carbocycles. The van der Waals surface area contributed by atoms with Gasteiger partial charge in [-0.25, -0.2) is 0 Å². The van der Waals surface area contributed by atoms with Crippen LogP contribution in [0.4, 0.5) is 0 Å². The molecular weight excluding hydrogens is 294 g/mol. The van der Waals surface area contributed by atoms with Gasteiger partial charge in [-0.3, -0.25) is 0 Å². The molecular formula is C19H24ClNO. The third-order valence-electron chi connectivity index (χ3n) is 3.93. The topological polar surface area (TPSA) is 21.3 Å². The fourth-order valence-corrected chi connectivity index (χ4v) is 2.14. The Bertz CT molecular complexity index is 593. The van der Waals surface area contributed by atoms with E-state index in [4.69, 9.17) is 16.3 Å². The summed E-state index contributed by atoms with van der Waals surface area (Å²) < 4.78 is 5.79. The van der Waals surface area contributed by atoms with Crippen LogP contribution in [0.3, 0.4) is 0 Å². The van der Waals surface area contributed by atoms with Gasteiger partial charge in [-0.15, -0.1) is 0 Å². The highest BCUT2D eigenvalue weighted by Gasteiger charge is 2.13. The van der Waals surface area contributed by atoms with Gasteiger partial charge in [-0.2, -0.15) is 0 Å². The summed E-state index contributed by atoms with van der Waals surface area (Å²) in [5.41, 5.74) is 2.42. The summed E-state index contributed by atoms with van der Waals surface area (Å²) in [6.07, 6.45) is 1.10. The third-order valence-corrected chi connectivity index (χ3v) is 4.30. The summed E-state index contributed by atoms with van der Waals surface area (Å²) in [5.74, 6) is 0.860. The fourth-order valence-electron chi connectivity index (χ4n) is 1.95. The number of ether oxygens (including phenoxy) is 1. The largest absolute Gasteiger partial charge is 0.489 e. The van der Waals surface area contributed by atoms with Crippen molar-refractivity contribution in [3.8, 4) is 5.75 Å². The molecule has 0 unspecified atom stereocenters. The predicted molar refractivity (Wildman–Crippen MR) is 93.4 cm³/mol. The molecule has 0 saturated heterocycles. The quantitative estimate of drug-likeness (QED) is 0.758. The zero-order valence-electron chi connectivity index (χ0n) is 13.5. The number of hydrogen-bond donors (Lipinski definition) is 1. The monoisotopic (exact) mass is 317 g/mol. The Labute approximate surface area is 138 Å². The summed E-state index contributed by atoms with van der Waals surface area (Å²) in [6, 6.07) is 16.0. The lowest BCUT2D eigenvalue weighted by molar-refractivity contribution is 0.306. The Morgan fingerprint density at radius 1 is 1.05 bits per heavy atom. The first-order valence-corrected chi connectivity index (χ1v) is 8.08. The number of rotatable bonds is 7. The normalized spacial score (nSPS) is 11.5. The van der Waals surface area contributed by atoms with E-state index < -0.39 is 0 Å². The zero-order valence-corrected chi connectivity index (χ0v) is 14.3. The molecule has 2 nitrogen and oxygen atoms in total. The van der Waals surface area contributed by atoms with Crippen molar-refractivity contribution in [2.75, 3.05) is 0 Å². The first-order chi connectivity index (χ1) is 10.5. The van der Waals surface area contributed by atoms with Gasteiger partial charge in [-0.05, 0) is 44.0 Å². The lowest BCUT2D eigenvalue weighted by atomic mass is 10.0. The molecule has 0 radical (unpaired) electrons. The van der Waals surface area contributed by atoms with E-state index in [0.717, 1.165) is 29.3 Å². The average Bonchev–Trinajstić information content (AvgIpc) is 2.53. The van der Waals surface area contributed by atoms with E-state index in [1.165, 1.54) is 5.56 Å². The molecule has 0 atom stereocenters. The van der Waals surface area contributed by atoms with Gasteiger partial charge in [0.2, 0.25) is 0 Å². The van der Waals surface area contributed by atoms with Gasteiger partial charge in [0.1, 0.15) is 12.4 Å². The van der Waals surface area contributed by atoms with Crippen molar-refractivity contribution in [1.82, 2.24) is 5.32 Å². The standard InChI is InChI=1S/C19H24ClNO/c1-4-19(2,3)21-13-15-9-11-17(12-10-15)22-14-16-7-5-6-8-18(16)20/h5-12,21H,4,13-14H2,1-3H3. The molecule has 0 bridgehead atoms. The van der Waals surface area contributed by atoms with E-state index in [2.05, 4.69) is 38.2 Å². The van der Waals surface area contributed by atoms with Gasteiger partial charge in [0.15, 0.2) is 0 Å². The molecule has 0 amide bonds. The van der Waals surface area contributed by atoms with Crippen molar-refractivity contribution in [3.63, 3.8) is 0 Å². The highest BCUT2D eigenvalue weighted by molar-refractivity contribution is 6.31. The maximum Gasteiger partial charge on any atom is 0.119 e. The van der Waals surface area contributed by atoms with Crippen molar-refractivity contribution in [3.05, 3.63) is 64.7 Å².